The minimum atomic E-state index is 0.398. The van der Waals surface area contributed by atoms with Gasteiger partial charge in [0.25, 0.3) is 0 Å². The van der Waals surface area contributed by atoms with Crippen molar-refractivity contribution in [2.75, 3.05) is 13.2 Å². The van der Waals surface area contributed by atoms with Crippen LogP contribution in [-0.2, 0) is 4.74 Å². The third-order valence-electron chi connectivity index (χ3n) is 5.15. The predicted molar refractivity (Wildman–Crippen MR) is 68.5 cm³/mol. The molecule has 94 valence electrons. The first-order valence-corrected chi connectivity index (χ1v) is 7.14. The van der Waals surface area contributed by atoms with Gasteiger partial charge in [-0.15, -0.1) is 0 Å². The van der Waals surface area contributed by atoms with Crippen LogP contribution in [0.25, 0.3) is 0 Å². The van der Waals surface area contributed by atoms with Crippen molar-refractivity contribution < 1.29 is 4.74 Å². The minimum absolute atomic E-state index is 0.398. The van der Waals surface area contributed by atoms with Crippen LogP contribution < -0.4 is 0 Å². The van der Waals surface area contributed by atoms with Gasteiger partial charge in [-0.2, -0.15) is 0 Å². The average Bonchev–Trinajstić information content (AvgIpc) is 2.30. The highest BCUT2D eigenvalue weighted by Crippen LogP contribution is 2.54. The van der Waals surface area contributed by atoms with Gasteiger partial charge in [0, 0.05) is 12.0 Å². The molecule has 1 unspecified atom stereocenters. The topological polar surface area (TPSA) is 9.23 Å². The van der Waals surface area contributed by atoms with Crippen LogP contribution in [-0.4, -0.2) is 13.2 Å². The smallest absolute Gasteiger partial charge is 0.0530 e. The Labute approximate surface area is 101 Å². The Bertz CT molecular complexity index is 214. The van der Waals surface area contributed by atoms with Crippen LogP contribution in [0.3, 0.4) is 0 Å². The highest BCUT2D eigenvalue weighted by atomic mass is 16.5. The largest absolute Gasteiger partial charge is 0.381 e. The molecule has 1 atom stereocenters. The van der Waals surface area contributed by atoms with E-state index >= 15 is 0 Å². The lowest BCUT2D eigenvalue weighted by molar-refractivity contribution is -0.115. The van der Waals surface area contributed by atoms with Crippen molar-refractivity contribution in [3.8, 4) is 0 Å². The zero-order chi connectivity index (χ0) is 11.6. The monoisotopic (exact) mass is 224 g/mol. The molecule has 0 aromatic rings. The number of hydrogen-bond acceptors (Lipinski definition) is 1. The third-order valence-corrected chi connectivity index (χ3v) is 5.15. The highest BCUT2D eigenvalue weighted by molar-refractivity contribution is 4.97. The van der Waals surface area contributed by atoms with Crippen LogP contribution >= 0.6 is 0 Å². The van der Waals surface area contributed by atoms with Crippen molar-refractivity contribution in [3.63, 3.8) is 0 Å². The van der Waals surface area contributed by atoms with Crippen LogP contribution in [0.2, 0.25) is 0 Å². The lowest BCUT2D eigenvalue weighted by atomic mass is 9.54. The normalized spacial score (nSPS) is 33.9. The third kappa shape index (κ3) is 2.16. The highest BCUT2D eigenvalue weighted by Gasteiger charge is 2.48. The van der Waals surface area contributed by atoms with E-state index in [-0.39, 0.29) is 0 Å². The Morgan fingerprint density at radius 1 is 1.00 bits per heavy atom. The van der Waals surface area contributed by atoms with Gasteiger partial charge in [0.2, 0.25) is 0 Å². The summed E-state index contributed by atoms with van der Waals surface area (Å²) in [6.45, 7) is 9.29. The van der Waals surface area contributed by atoms with Crippen molar-refractivity contribution in [1.29, 1.82) is 0 Å². The second-order valence-corrected chi connectivity index (χ2v) is 6.90. The van der Waals surface area contributed by atoms with Gasteiger partial charge >= 0.3 is 0 Å². The summed E-state index contributed by atoms with van der Waals surface area (Å²) in [4.78, 5) is 0. The van der Waals surface area contributed by atoms with Crippen molar-refractivity contribution >= 4 is 0 Å². The molecule has 0 aromatic carbocycles. The van der Waals surface area contributed by atoms with E-state index in [0.29, 0.717) is 10.8 Å². The van der Waals surface area contributed by atoms with E-state index < -0.39 is 0 Å². The molecule has 16 heavy (non-hydrogen) atoms. The Morgan fingerprint density at radius 3 is 2.19 bits per heavy atom. The van der Waals surface area contributed by atoms with Crippen molar-refractivity contribution in [2.24, 2.45) is 16.7 Å². The summed E-state index contributed by atoms with van der Waals surface area (Å²) in [5.41, 5.74) is 0.862. The van der Waals surface area contributed by atoms with Gasteiger partial charge < -0.3 is 4.74 Å². The van der Waals surface area contributed by atoms with Gasteiger partial charge in [-0.1, -0.05) is 40.0 Å². The number of ether oxygens (including phenoxy) is 1. The zero-order valence-corrected chi connectivity index (χ0v) is 11.3. The van der Waals surface area contributed by atoms with Gasteiger partial charge in [-0.3, -0.25) is 0 Å². The molecule has 0 amide bonds. The van der Waals surface area contributed by atoms with E-state index in [4.69, 9.17) is 4.74 Å². The molecular weight excluding hydrogens is 196 g/mol. The van der Waals surface area contributed by atoms with E-state index in [9.17, 15) is 0 Å². The van der Waals surface area contributed by atoms with Crippen LogP contribution in [0.15, 0.2) is 0 Å². The molecule has 1 saturated carbocycles. The lowest BCUT2D eigenvalue weighted by Crippen LogP contribution is -2.49. The van der Waals surface area contributed by atoms with Gasteiger partial charge in [0.1, 0.15) is 0 Å². The lowest BCUT2D eigenvalue weighted by Gasteiger charge is -2.53. The maximum absolute atomic E-state index is 5.87. The number of rotatable bonds is 1. The Kier molecular flexibility index (Phi) is 3.63. The molecule has 2 aliphatic rings. The van der Waals surface area contributed by atoms with Crippen LogP contribution in [0.4, 0.5) is 0 Å². The minimum Gasteiger partial charge on any atom is -0.381 e. The molecule has 2 fully saturated rings. The summed E-state index contributed by atoms with van der Waals surface area (Å²) < 4.78 is 5.87. The average molecular weight is 224 g/mol. The summed E-state index contributed by atoms with van der Waals surface area (Å²) in [6.07, 6.45) is 9.90. The quantitative estimate of drug-likeness (QED) is 0.641. The first-order chi connectivity index (χ1) is 7.56. The van der Waals surface area contributed by atoms with Gasteiger partial charge in [-0.25, -0.2) is 0 Å². The Morgan fingerprint density at radius 2 is 1.69 bits per heavy atom. The summed E-state index contributed by atoms with van der Waals surface area (Å²) in [5, 5.41) is 0. The van der Waals surface area contributed by atoms with E-state index in [1.54, 1.807) is 0 Å². The van der Waals surface area contributed by atoms with Crippen molar-refractivity contribution in [1.82, 2.24) is 0 Å². The van der Waals surface area contributed by atoms with E-state index in [2.05, 4.69) is 20.8 Å². The van der Waals surface area contributed by atoms with Crippen LogP contribution in [0.1, 0.15) is 65.7 Å². The van der Waals surface area contributed by atoms with Crippen LogP contribution in [0, 0.1) is 16.7 Å². The van der Waals surface area contributed by atoms with Crippen LogP contribution in [0.5, 0.6) is 0 Å². The second-order valence-electron chi connectivity index (χ2n) is 6.90. The molecule has 1 aliphatic heterocycles. The summed E-state index contributed by atoms with van der Waals surface area (Å²) in [6, 6.07) is 0. The van der Waals surface area contributed by atoms with Gasteiger partial charge in [0.05, 0.1) is 6.61 Å². The number of hydrogen-bond donors (Lipinski definition) is 0. The summed E-state index contributed by atoms with van der Waals surface area (Å²) in [5.74, 6) is 0.918. The SMILES string of the molecule is CC(C)(C)C1(C2CCCCC2)CCCOC1. The zero-order valence-electron chi connectivity index (χ0n) is 11.3. The summed E-state index contributed by atoms with van der Waals surface area (Å²) in [7, 11) is 0. The molecule has 1 nitrogen and oxygen atoms in total. The molecule has 0 aromatic heterocycles. The van der Waals surface area contributed by atoms with Gasteiger partial charge in [-0.05, 0) is 37.0 Å². The molecular formula is C15H28O. The Balaban J connectivity index is 2.18. The fraction of sp³-hybridized carbons (Fsp3) is 1.00. The molecule has 1 heterocycles. The second kappa shape index (κ2) is 4.68. The summed E-state index contributed by atoms with van der Waals surface area (Å²) >= 11 is 0. The molecule has 0 spiro atoms. The van der Waals surface area contributed by atoms with E-state index in [1.165, 1.54) is 44.9 Å². The van der Waals surface area contributed by atoms with Crippen molar-refractivity contribution in [3.05, 3.63) is 0 Å². The Hall–Kier alpha value is -0.0400. The first kappa shape index (κ1) is 12.4. The maximum atomic E-state index is 5.87. The molecule has 2 rings (SSSR count). The molecule has 0 radical (unpaired) electrons. The molecule has 0 N–H and O–H groups in total. The fourth-order valence-corrected chi connectivity index (χ4v) is 4.00. The van der Waals surface area contributed by atoms with Gasteiger partial charge in [0.15, 0.2) is 0 Å². The molecule has 0 bridgehead atoms. The maximum Gasteiger partial charge on any atom is 0.0530 e. The van der Waals surface area contributed by atoms with Crippen molar-refractivity contribution in [2.45, 2.75) is 65.7 Å². The first-order valence-electron chi connectivity index (χ1n) is 7.14. The predicted octanol–water partition coefficient (Wildman–Crippen LogP) is 4.41. The van der Waals surface area contributed by atoms with E-state index in [1.807, 2.05) is 0 Å². The van der Waals surface area contributed by atoms with E-state index in [0.717, 1.165) is 19.1 Å². The fourth-order valence-electron chi connectivity index (χ4n) is 4.00. The standard InChI is InChI=1S/C15H28O/c1-14(2,3)15(10-7-11-16-12-15)13-8-5-4-6-9-13/h13H,4-12H2,1-3H3. The molecule has 1 heteroatoms. The molecule has 1 saturated heterocycles. The molecule has 1 aliphatic carbocycles.